The van der Waals surface area contributed by atoms with Crippen LogP contribution in [-0.2, 0) is 28.0 Å². The van der Waals surface area contributed by atoms with Crippen molar-refractivity contribution in [1.29, 1.82) is 0 Å². The van der Waals surface area contributed by atoms with Crippen LogP contribution in [0.25, 0.3) is 21.7 Å². The first-order chi connectivity index (χ1) is 19.6. The molecule has 0 bridgehead atoms. The van der Waals surface area contributed by atoms with Crippen LogP contribution >= 0.6 is 11.3 Å². The number of nitrogens with zero attached hydrogens (tertiary/aromatic N) is 3. The molecule has 4 aromatic rings. The average molecular weight is 631 g/mol. The van der Waals surface area contributed by atoms with Gasteiger partial charge in [0, 0.05) is 18.8 Å². The number of ether oxygens (including phenoxy) is 1. The third kappa shape index (κ3) is 6.47. The lowest BCUT2D eigenvalue weighted by Gasteiger charge is -2.15. The number of aryl methyl sites for hydroxylation is 2. The molecule has 0 amide bonds. The Bertz CT molecular complexity index is 1710. The highest BCUT2D eigenvalue weighted by Gasteiger charge is 2.38. The fraction of sp³-hybridized carbons (Fsp3) is 0.333. The molecule has 15 heteroatoms. The van der Waals surface area contributed by atoms with Crippen LogP contribution in [0.3, 0.4) is 0 Å². The number of halogens is 6. The summed E-state index contributed by atoms with van der Waals surface area (Å²) in [5.41, 5.74) is 0.0757. The zero-order valence-electron chi connectivity index (χ0n) is 22.1. The van der Waals surface area contributed by atoms with E-state index in [9.17, 15) is 34.8 Å². The van der Waals surface area contributed by atoms with Crippen LogP contribution in [-0.4, -0.2) is 35.6 Å². The Morgan fingerprint density at radius 3 is 2.45 bits per heavy atom. The van der Waals surface area contributed by atoms with E-state index >= 15 is 0 Å². The second kappa shape index (κ2) is 11.0. The molecule has 7 nitrogen and oxygen atoms in total. The standard InChI is InChI=1S/C27H24F6N4O3S2/c1-15-22(14-37(2)35-15)42(38,39)36-25-34-23(20-8-3-4-9-21(20)26(28,29)30)24(41-25)18-7-5-6-16(12-18)17-10-11-19(13-17)40-27(31,32)33/h3-9,12,14,17,19H,10-11,13H2,1-2H3,(H,34,36)/t17-,19-/m0/s1. The van der Waals surface area contributed by atoms with Gasteiger partial charge >= 0.3 is 12.5 Å². The van der Waals surface area contributed by atoms with Crippen molar-refractivity contribution in [3.8, 4) is 21.7 Å². The minimum atomic E-state index is -4.75. The van der Waals surface area contributed by atoms with E-state index in [0.717, 1.165) is 17.4 Å². The molecule has 0 saturated heterocycles. The van der Waals surface area contributed by atoms with Crippen molar-refractivity contribution < 1.29 is 39.5 Å². The number of anilines is 1. The maximum Gasteiger partial charge on any atom is 0.522 e. The summed E-state index contributed by atoms with van der Waals surface area (Å²) in [5, 5.41) is 3.87. The van der Waals surface area contributed by atoms with Crippen molar-refractivity contribution in [3.63, 3.8) is 0 Å². The van der Waals surface area contributed by atoms with Gasteiger partial charge in [-0.25, -0.2) is 13.4 Å². The summed E-state index contributed by atoms with van der Waals surface area (Å²) in [4.78, 5) is 4.46. The van der Waals surface area contributed by atoms with E-state index < -0.39 is 34.2 Å². The Balaban J connectivity index is 1.57. The van der Waals surface area contributed by atoms with Gasteiger partial charge in [0.1, 0.15) is 4.90 Å². The molecule has 1 N–H and O–H groups in total. The van der Waals surface area contributed by atoms with E-state index in [1.165, 1.54) is 36.0 Å². The van der Waals surface area contributed by atoms with Crippen LogP contribution in [0.2, 0.25) is 0 Å². The third-order valence-corrected chi connectivity index (χ3v) is 9.49. The summed E-state index contributed by atoms with van der Waals surface area (Å²) in [6.45, 7) is 1.51. The summed E-state index contributed by atoms with van der Waals surface area (Å²) in [5.74, 6) is -0.261. The van der Waals surface area contributed by atoms with Gasteiger partial charge < -0.3 is 0 Å². The highest BCUT2D eigenvalue weighted by Crippen LogP contribution is 2.46. The summed E-state index contributed by atoms with van der Waals surface area (Å²) in [6.07, 6.45) is -8.39. The average Bonchev–Trinajstić information content (AvgIpc) is 3.61. The SMILES string of the molecule is Cc1nn(C)cc1S(=O)(=O)Nc1nc(-c2ccccc2C(F)(F)F)c(-c2cccc([C@H]3CC[C@H](OC(F)(F)F)C3)c2)s1. The Morgan fingerprint density at radius 1 is 1.05 bits per heavy atom. The predicted molar refractivity (Wildman–Crippen MR) is 144 cm³/mol. The molecule has 1 aliphatic rings. The minimum absolute atomic E-state index is 0.0876. The van der Waals surface area contributed by atoms with Crippen molar-refractivity contribution in [2.24, 2.45) is 7.05 Å². The zero-order chi connectivity index (χ0) is 30.4. The van der Waals surface area contributed by atoms with Gasteiger partial charge in [0.15, 0.2) is 5.13 Å². The molecule has 5 rings (SSSR count). The molecular weight excluding hydrogens is 606 g/mol. The lowest BCUT2D eigenvalue weighted by Crippen LogP contribution is -2.21. The lowest BCUT2D eigenvalue weighted by atomic mass is 9.94. The number of benzene rings is 2. The van der Waals surface area contributed by atoms with Crippen molar-refractivity contribution >= 4 is 26.5 Å². The fourth-order valence-corrected chi connectivity index (χ4v) is 7.59. The van der Waals surface area contributed by atoms with Gasteiger partial charge in [-0.1, -0.05) is 47.7 Å². The van der Waals surface area contributed by atoms with E-state index in [1.807, 2.05) is 0 Å². The van der Waals surface area contributed by atoms with Gasteiger partial charge in [-0.15, -0.1) is 13.2 Å². The second-order valence-corrected chi connectivity index (χ2v) is 12.6. The molecule has 1 fully saturated rings. The van der Waals surface area contributed by atoms with Gasteiger partial charge in [-0.2, -0.15) is 18.3 Å². The second-order valence-electron chi connectivity index (χ2n) is 9.92. The largest absolute Gasteiger partial charge is 0.522 e. The molecule has 2 atom stereocenters. The van der Waals surface area contributed by atoms with Crippen molar-refractivity contribution in [2.75, 3.05) is 4.72 Å². The van der Waals surface area contributed by atoms with Gasteiger partial charge in [0.25, 0.3) is 10.0 Å². The van der Waals surface area contributed by atoms with E-state index in [4.69, 9.17) is 0 Å². The van der Waals surface area contributed by atoms with Crippen molar-refractivity contribution in [1.82, 2.24) is 14.8 Å². The molecule has 2 aromatic heterocycles. The Labute approximate surface area is 241 Å². The highest BCUT2D eigenvalue weighted by atomic mass is 32.2. The molecule has 1 aliphatic carbocycles. The summed E-state index contributed by atoms with van der Waals surface area (Å²) in [6, 6.07) is 11.6. The number of hydrogen-bond donors (Lipinski definition) is 1. The molecule has 42 heavy (non-hydrogen) atoms. The van der Waals surface area contributed by atoms with E-state index in [-0.39, 0.29) is 50.6 Å². The van der Waals surface area contributed by atoms with Crippen molar-refractivity contribution in [2.45, 2.75) is 55.6 Å². The smallest absolute Gasteiger partial charge is 0.289 e. The van der Waals surface area contributed by atoms with E-state index in [2.05, 4.69) is 19.5 Å². The van der Waals surface area contributed by atoms with Crippen LogP contribution in [0.15, 0.2) is 59.6 Å². The monoisotopic (exact) mass is 630 g/mol. The first-order valence-corrected chi connectivity index (χ1v) is 15.0. The maximum atomic E-state index is 14.0. The molecule has 0 spiro atoms. The van der Waals surface area contributed by atoms with E-state index in [0.29, 0.717) is 17.5 Å². The normalized spacial score (nSPS) is 18.0. The number of nitrogens with one attached hydrogen (secondary N) is 1. The molecule has 0 unspecified atom stereocenters. The number of aromatic nitrogens is 3. The van der Waals surface area contributed by atoms with E-state index in [1.54, 1.807) is 31.3 Å². The molecular formula is C27H24F6N4O3S2. The highest BCUT2D eigenvalue weighted by molar-refractivity contribution is 7.93. The van der Waals surface area contributed by atoms with Crippen LogP contribution in [0, 0.1) is 6.92 Å². The van der Waals surface area contributed by atoms with Gasteiger partial charge in [-0.3, -0.25) is 14.1 Å². The van der Waals surface area contributed by atoms with Crippen LogP contribution in [0.5, 0.6) is 0 Å². The van der Waals surface area contributed by atoms with Gasteiger partial charge in [0.05, 0.1) is 27.9 Å². The lowest BCUT2D eigenvalue weighted by molar-refractivity contribution is -0.341. The Kier molecular flexibility index (Phi) is 7.87. The van der Waals surface area contributed by atoms with Crippen molar-refractivity contribution in [3.05, 3.63) is 71.5 Å². The van der Waals surface area contributed by atoms with Crippen LogP contribution in [0.4, 0.5) is 31.5 Å². The maximum absolute atomic E-state index is 14.0. The predicted octanol–water partition coefficient (Wildman–Crippen LogP) is 7.51. The first kappa shape index (κ1) is 30.0. The number of alkyl halides is 6. The molecule has 0 radical (unpaired) electrons. The fourth-order valence-electron chi connectivity index (χ4n) is 5.16. The zero-order valence-corrected chi connectivity index (χ0v) is 23.8. The molecule has 2 aromatic carbocycles. The van der Waals surface area contributed by atoms with Crippen LogP contribution in [0.1, 0.15) is 42.0 Å². The summed E-state index contributed by atoms with van der Waals surface area (Å²) >= 11 is 0.851. The van der Waals surface area contributed by atoms with Gasteiger partial charge in [0.2, 0.25) is 0 Å². The Morgan fingerprint density at radius 2 is 1.79 bits per heavy atom. The first-order valence-electron chi connectivity index (χ1n) is 12.7. The third-order valence-electron chi connectivity index (χ3n) is 6.90. The minimum Gasteiger partial charge on any atom is -0.289 e. The topological polar surface area (TPSA) is 86.1 Å². The Hall–Kier alpha value is -3.43. The quantitative estimate of drug-likeness (QED) is 0.214. The summed E-state index contributed by atoms with van der Waals surface area (Å²) in [7, 11) is -2.64. The van der Waals surface area contributed by atoms with Crippen LogP contribution < -0.4 is 4.72 Å². The molecule has 1 saturated carbocycles. The number of thiazole rings is 1. The summed E-state index contributed by atoms with van der Waals surface area (Å²) < 4.78 is 114. The van der Waals surface area contributed by atoms with Gasteiger partial charge in [-0.05, 0) is 55.4 Å². The number of rotatable bonds is 7. The number of hydrogen-bond acceptors (Lipinski definition) is 6. The molecule has 224 valence electrons. The molecule has 0 aliphatic heterocycles. The molecule has 2 heterocycles. The number of sulfonamides is 1.